The quantitative estimate of drug-likeness (QED) is 0.0429. The van der Waals surface area contributed by atoms with E-state index >= 15 is 0 Å². The van der Waals surface area contributed by atoms with E-state index in [1.807, 2.05) is 0 Å². The molecule has 0 aromatic heterocycles. The molecule has 0 heterocycles. The van der Waals surface area contributed by atoms with E-state index < -0.39 is 23.9 Å². The van der Waals surface area contributed by atoms with Gasteiger partial charge in [0.15, 0.2) is 0 Å². The summed E-state index contributed by atoms with van der Waals surface area (Å²) in [7, 11) is 0. The number of hydrogen-bond donors (Lipinski definition) is 0. The number of carbonyl (C=O) groups is 4. The Bertz CT molecular complexity index is 2070. The zero-order valence-electron chi connectivity index (χ0n) is 32.6. The molecule has 0 amide bonds. The minimum atomic E-state index is -0.709. The van der Waals surface area contributed by atoms with Crippen LogP contribution in [0.2, 0.25) is 0 Å². The molecule has 10 heteroatoms. The highest BCUT2D eigenvalue weighted by Crippen LogP contribution is 2.23. The van der Waals surface area contributed by atoms with E-state index in [-0.39, 0.29) is 33.8 Å². The Morgan fingerprint density at radius 3 is 1.12 bits per heavy atom. The second kappa shape index (κ2) is 21.6. The monoisotopic (exact) mass is 772 g/mol. The Balaban J connectivity index is 1.09. The average molecular weight is 773 g/mol. The lowest BCUT2D eigenvalue weighted by atomic mass is 10.1. The van der Waals surface area contributed by atoms with Gasteiger partial charge in [-0.25, -0.2) is 19.2 Å². The van der Waals surface area contributed by atoms with Crippen molar-refractivity contribution in [3.63, 3.8) is 0 Å². The lowest BCUT2D eigenvalue weighted by Gasteiger charge is -2.10. The first-order valence-electron chi connectivity index (χ1n) is 19.4. The predicted octanol–water partition coefficient (Wildman–Crippen LogP) is 10.8. The molecule has 5 aromatic rings. The summed E-state index contributed by atoms with van der Waals surface area (Å²) in [5, 5.41) is 0. The number of carbonyl (C=O) groups excluding carboxylic acids is 4. The van der Waals surface area contributed by atoms with Crippen molar-refractivity contribution in [2.75, 3.05) is 13.2 Å². The normalized spacial score (nSPS) is 10.6. The lowest BCUT2D eigenvalue weighted by Crippen LogP contribution is -2.14. The van der Waals surface area contributed by atoms with Crippen LogP contribution in [0.15, 0.2) is 115 Å². The van der Waals surface area contributed by atoms with Crippen LogP contribution in [0.3, 0.4) is 0 Å². The van der Waals surface area contributed by atoms with Gasteiger partial charge in [0.1, 0.15) is 34.5 Å². The third-order valence-corrected chi connectivity index (χ3v) is 8.90. The highest BCUT2D eigenvalue weighted by Gasteiger charge is 2.18. The largest absolute Gasteiger partial charge is 0.494 e. The van der Waals surface area contributed by atoms with Crippen LogP contribution in [0.4, 0.5) is 0 Å². The van der Waals surface area contributed by atoms with Crippen LogP contribution in [0.25, 0.3) is 0 Å². The first-order valence-corrected chi connectivity index (χ1v) is 19.4. The second-order valence-electron chi connectivity index (χ2n) is 13.4. The van der Waals surface area contributed by atoms with E-state index in [2.05, 4.69) is 13.8 Å². The summed E-state index contributed by atoms with van der Waals surface area (Å²) in [5.41, 5.74) is 1.39. The number of aryl methyl sites for hydroxylation is 1. The van der Waals surface area contributed by atoms with Crippen molar-refractivity contribution in [2.24, 2.45) is 0 Å². The van der Waals surface area contributed by atoms with E-state index in [4.69, 9.17) is 28.4 Å². The SMILES string of the molecule is CCCCCCOc1ccc(OC(=O)c2ccc(OC(=O)c3ccc(C)c(C(=O)Oc4ccc(C(=O)Oc5ccc(OCCCCCC)cc5)cc4)c3)cc2)cc1. The fourth-order valence-corrected chi connectivity index (χ4v) is 5.59. The highest BCUT2D eigenvalue weighted by atomic mass is 16.5. The molecule has 5 rings (SSSR count). The molecule has 10 nitrogen and oxygen atoms in total. The molecule has 0 radical (unpaired) electrons. The van der Waals surface area contributed by atoms with Gasteiger partial charge in [-0.1, -0.05) is 58.4 Å². The van der Waals surface area contributed by atoms with Crippen LogP contribution >= 0.6 is 0 Å². The maximum absolute atomic E-state index is 13.2. The number of ether oxygens (including phenoxy) is 6. The lowest BCUT2D eigenvalue weighted by molar-refractivity contribution is 0.0722. The van der Waals surface area contributed by atoms with Crippen molar-refractivity contribution in [1.29, 1.82) is 0 Å². The first kappa shape index (κ1) is 41.7. The molecule has 0 saturated carbocycles. The van der Waals surface area contributed by atoms with Crippen LogP contribution in [0.1, 0.15) is 112 Å². The number of benzene rings is 5. The molecule has 0 unspecified atom stereocenters. The molecule has 57 heavy (non-hydrogen) atoms. The van der Waals surface area contributed by atoms with E-state index in [0.717, 1.165) is 38.5 Å². The van der Waals surface area contributed by atoms with Gasteiger partial charge in [-0.05, 0) is 135 Å². The molecule has 0 aliphatic heterocycles. The number of unbranched alkanes of at least 4 members (excludes halogenated alkanes) is 6. The number of hydrogen-bond acceptors (Lipinski definition) is 10. The first-order chi connectivity index (χ1) is 27.7. The third kappa shape index (κ3) is 13.1. The van der Waals surface area contributed by atoms with Crippen molar-refractivity contribution < 1.29 is 47.6 Å². The molecule has 0 atom stereocenters. The Hall–Kier alpha value is -6.42. The second-order valence-corrected chi connectivity index (χ2v) is 13.4. The molecule has 296 valence electrons. The van der Waals surface area contributed by atoms with Crippen LogP contribution in [-0.4, -0.2) is 37.1 Å². The zero-order chi connectivity index (χ0) is 40.4. The molecule has 0 aliphatic carbocycles. The van der Waals surface area contributed by atoms with Gasteiger partial charge in [0.25, 0.3) is 0 Å². The summed E-state index contributed by atoms with van der Waals surface area (Å²) in [6, 6.07) is 30.2. The van der Waals surface area contributed by atoms with Gasteiger partial charge in [-0.3, -0.25) is 0 Å². The van der Waals surface area contributed by atoms with E-state index in [0.29, 0.717) is 41.8 Å². The minimum absolute atomic E-state index is 0.120. The molecule has 0 aliphatic rings. The Labute approximate surface area is 333 Å². The molecule has 0 saturated heterocycles. The molecule has 0 bridgehead atoms. The van der Waals surface area contributed by atoms with Gasteiger partial charge >= 0.3 is 23.9 Å². The van der Waals surface area contributed by atoms with Gasteiger partial charge in [0.05, 0.1) is 35.5 Å². The highest BCUT2D eigenvalue weighted by molar-refractivity contribution is 5.98. The van der Waals surface area contributed by atoms with Crippen LogP contribution in [0.5, 0.6) is 34.5 Å². The number of rotatable bonds is 20. The van der Waals surface area contributed by atoms with Gasteiger partial charge in [0.2, 0.25) is 0 Å². The molecule has 5 aromatic carbocycles. The fourth-order valence-electron chi connectivity index (χ4n) is 5.59. The van der Waals surface area contributed by atoms with Crippen molar-refractivity contribution in [3.05, 3.63) is 143 Å². The Morgan fingerprint density at radius 1 is 0.386 bits per heavy atom. The number of esters is 4. The molecular weight excluding hydrogens is 725 g/mol. The van der Waals surface area contributed by atoms with Gasteiger partial charge in [-0.15, -0.1) is 0 Å². The zero-order valence-corrected chi connectivity index (χ0v) is 32.6. The van der Waals surface area contributed by atoms with E-state index in [9.17, 15) is 19.2 Å². The van der Waals surface area contributed by atoms with Crippen molar-refractivity contribution in [2.45, 2.75) is 72.1 Å². The Kier molecular flexibility index (Phi) is 15.8. The summed E-state index contributed by atoms with van der Waals surface area (Å²) < 4.78 is 33.5. The van der Waals surface area contributed by atoms with Crippen LogP contribution < -0.4 is 28.4 Å². The van der Waals surface area contributed by atoms with E-state index in [1.54, 1.807) is 67.6 Å². The topological polar surface area (TPSA) is 124 Å². The molecule has 0 N–H and O–H groups in total. The molecular formula is C47H48O10. The summed E-state index contributed by atoms with van der Waals surface area (Å²) in [4.78, 5) is 51.7. The van der Waals surface area contributed by atoms with Crippen LogP contribution in [0, 0.1) is 6.92 Å². The van der Waals surface area contributed by atoms with Crippen LogP contribution in [-0.2, 0) is 0 Å². The summed E-state index contributed by atoms with van der Waals surface area (Å²) >= 11 is 0. The predicted molar refractivity (Wildman–Crippen MR) is 216 cm³/mol. The van der Waals surface area contributed by atoms with E-state index in [1.165, 1.54) is 67.4 Å². The van der Waals surface area contributed by atoms with Crippen molar-refractivity contribution >= 4 is 23.9 Å². The fraction of sp³-hybridized carbons (Fsp3) is 0.277. The average Bonchev–Trinajstić information content (AvgIpc) is 3.22. The smallest absolute Gasteiger partial charge is 0.343 e. The third-order valence-electron chi connectivity index (χ3n) is 8.90. The maximum atomic E-state index is 13.2. The van der Waals surface area contributed by atoms with Gasteiger partial charge < -0.3 is 28.4 Å². The minimum Gasteiger partial charge on any atom is -0.494 e. The molecule has 0 spiro atoms. The maximum Gasteiger partial charge on any atom is 0.343 e. The standard InChI is InChI=1S/C47H48O10/c1-4-6-8-10-30-52-37-22-26-41(27-23-37)54-44(48)34-14-18-39(19-15-34)56-46(50)36-13-12-33(3)43(32-36)47(51)57-40-20-16-35(17-21-40)45(49)55-42-28-24-38(25-29-42)53-31-11-9-7-5-2/h12-29,32H,4-11,30-31H2,1-3H3. The summed E-state index contributed by atoms with van der Waals surface area (Å²) in [5.74, 6) is -0.00126. The molecule has 0 fully saturated rings. The summed E-state index contributed by atoms with van der Waals surface area (Å²) in [6.45, 7) is 7.31. The van der Waals surface area contributed by atoms with Crippen molar-refractivity contribution in [1.82, 2.24) is 0 Å². The summed E-state index contributed by atoms with van der Waals surface area (Å²) in [6.07, 6.45) is 8.93. The van der Waals surface area contributed by atoms with Crippen molar-refractivity contribution in [3.8, 4) is 34.5 Å². The van der Waals surface area contributed by atoms with Gasteiger partial charge in [0, 0.05) is 0 Å². The van der Waals surface area contributed by atoms with Gasteiger partial charge in [-0.2, -0.15) is 0 Å². The Morgan fingerprint density at radius 2 is 0.719 bits per heavy atom.